The van der Waals surface area contributed by atoms with Crippen molar-refractivity contribution in [3.8, 4) is 22.6 Å². The standard InChI is InChI=1S/C23H22N2O4/c1-23(27,18-9-7-17(8-10-18)16-5-3-2-4-6-16)14-24-22(26)25-19-11-12-20-21(13-19)29-15-28-20/h2-13,27H,14-15H2,1H3,(H2,24,25,26). The Balaban J connectivity index is 1.36. The molecule has 3 aromatic carbocycles. The number of fused-ring (bicyclic) bond motifs is 1. The van der Waals surface area contributed by atoms with Crippen LogP contribution in [0.4, 0.5) is 10.5 Å². The summed E-state index contributed by atoms with van der Waals surface area (Å²) in [5.74, 6) is 1.24. The van der Waals surface area contributed by atoms with Crippen LogP contribution in [0.3, 0.4) is 0 Å². The first-order valence-corrected chi connectivity index (χ1v) is 9.34. The third-order valence-electron chi connectivity index (χ3n) is 4.84. The molecular formula is C23H22N2O4. The van der Waals surface area contributed by atoms with Crippen LogP contribution < -0.4 is 20.1 Å². The molecule has 1 aliphatic heterocycles. The number of anilines is 1. The molecule has 1 atom stereocenters. The van der Waals surface area contributed by atoms with Gasteiger partial charge in [0, 0.05) is 11.8 Å². The zero-order valence-electron chi connectivity index (χ0n) is 16.0. The summed E-state index contributed by atoms with van der Waals surface area (Å²) in [4.78, 5) is 12.2. The van der Waals surface area contributed by atoms with Crippen LogP contribution in [0, 0.1) is 0 Å². The zero-order chi connectivity index (χ0) is 20.3. The maximum absolute atomic E-state index is 12.2. The molecule has 0 spiro atoms. The SMILES string of the molecule is CC(O)(CNC(=O)Nc1ccc2c(c1)OCO2)c1ccc(-c2ccccc2)cc1. The van der Waals surface area contributed by atoms with Gasteiger partial charge in [-0.2, -0.15) is 0 Å². The van der Waals surface area contributed by atoms with Crippen LogP contribution in [0.5, 0.6) is 11.5 Å². The van der Waals surface area contributed by atoms with Gasteiger partial charge in [-0.25, -0.2) is 4.79 Å². The van der Waals surface area contributed by atoms with Crippen molar-refractivity contribution >= 4 is 11.7 Å². The molecule has 1 aliphatic rings. The summed E-state index contributed by atoms with van der Waals surface area (Å²) in [5, 5.41) is 16.3. The lowest BCUT2D eigenvalue weighted by Crippen LogP contribution is -2.40. The van der Waals surface area contributed by atoms with Gasteiger partial charge in [-0.1, -0.05) is 54.6 Å². The molecule has 0 bridgehead atoms. The summed E-state index contributed by atoms with van der Waals surface area (Å²) in [5.41, 5.74) is 2.28. The number of urea groups is 1. The number of rotatable bonds is 5. The highest BCUT2D eigenvalue weighted by molar-refractivity contribution is 5.89. The lowest BCUT2D eigenvalue weighted by atomic mass is 9.94. The zero-order valence-corrected chi connectivity index (χ0v) is 16.0. The Morgan fingerprint density at radius 3 is 2.41 bits per heavy atom. The minimum Gasteiger partial charge on any atom is -0.454 e. The van der Waals surface area contributed by atoms with E-state index in [-0.39, 0.29) is 13.3 Å². The van der Waals surface area contributed by atoms with Crippen molar-refractivity contribution in [2.75, 3.05) is 18.7 Å². The molecule has 1 unspecified atom stereocenters. The van der Waals surface area contributed by atoms with E-state index in [0.717, 1.165) is 16.7 Å². The van der Waals surface area contributed by atoms with E-state index in [9.17, 15) is 9.90 Å². The molecule has 3 N–H and O–H groups in total. The third-order valence-corrected chi connectivity index (χ3v) is 4.84. The first kappa shape index (κ1) is 18.8. The van der Waals surface area contributed by atoms with E-state index in [0.29, 0.717) is 17.2 Å². The second kappa shape index (κ2) is 7.85. The van der Waals surface area contributed by atoms with Gasteiger partial charge in [-0.15, -0.1) is 0 Å². The molecule has 6 heteroatoms. The molecule has 0 aromatic heterocycles. The summed E-state index contributed by atoms with van der Waals surface area (Å²) in [6, 6.07) is 22.5. The Kier molecular flexibility index (Phi) is 5.10. The van der Waals surface area contributed by atoms with Gasteiger partial charge < -0.3 is 25.2 Å². The average Bonchev–Trinajstić information content (AvgIpc) is 3.21. The molecule has 0 fully saturated rings. The smallest absolute Gasteiger partial charge is 0.319 e. The van der Waals surface area contributed by atoms with Crippen LogP contribution in [0.1, 0.15) is 12.5 Å². The molecule has 0 saturated heterocycles. The van der Waals surface area contributed by atoms with Crippen LogP contribution in [-0.2, 0) is 5.60 Å². The molecule has 0 aliphatic carbocycles. The van der Waals surface area contributed by atoms with Crippen LogP contribution in [0.2, 0.25) is 0 Å². The second-order valence-corrected chi connectivity index (χ2v) is 7.09. The number of hydrogen-bond donors (Lipinski definition) is 3. The maximum atomic E-state index is 12.2. The van der Waals surface area contributed by atoms with Gasteiger partial charge in [0.25, 0.3) is 0 Å². The number of amides is 2. The van der Waals surface area contributed by atoms with Crippen LogP contribution in [-0.4, -0.2) is 24.5 Å². The highest BCUT2D eigenvalue weighted by atomic mass is 16.7. The van der Waals surface area contributed by atoms with Crippen molar-refractivity contribution in [3.63, 3.8) is 0 Å². The minimum absolute atomic E-state index is 0.0636. The normalized spacial score (nSPS) is 14.1. The number of carbonyl (C=O) groups excluding carboxylic acids is 1. The van der Waals surface area contributed by atoms with Gasteiger partial charge in [0.1, 0.15) is 5.60 Å². The summed E-state index contributed by atoms with van der Waals surface area (Å²) < 4.78 is 10.6. The number of nitrogens with one attached hydrogen (secondary N) is 2. The largest absolute Gasteiger partial charge is 0.454 e. The van der Waals surface area contributed by atoms with E-state index >= 15 is 0 Å². The Hall–Kier alpha value is -3.51. The van der Waals surface area contributed by atoms with Crippen molar-refractivity contribution in [1.29, 1.82) is 0 Å². The molecule has 6 nitrogen and oxygen atoms in total. The monoisotopic (exact) mass is 390 g/mol. The number of carbonyl (C=O) groups is 1. The Morgan fingerprint density at radius 2 is 1.66 bits per heavy atom. The van der Waals surface area contributed by atoms with Gasteiger partial charge in [0.15, 0.2) is 11.5 Å². The van der Waals surface area contributed by atoms with E-state index in [2.05, 4.69) is 10.6 Å². The van der Waals surface area contributed by atoms with E-state index in [4.69, 9.17) is 9.47 Å². The second-order valence-electron chi connectivity index (χ2n) is 7.09. The summed E-state index contributed by atoms with van der Waals surface area (Å²) >= 11 is 0. The van der Waals surface area contributed by atoms with E-state index in [1.165, 1.54) is 0 Å². The quantitative estimate of drug-likeness (QED) is 0.612. The third kappa shape index (κ3) is 4.33. The number of ether oxygens (including phenoxy) is 2. The molecule has 29 heavy (non-hydrogen) atoms. The van der Waals surface area contributed by atoms with Gasteiger partial charge in [-0.05, 0) is 35.7 Å². The molecule has 148 valence electrons. The fourth-order valence-electron chi connectivity index (χ4n) is 3.16. The van der Waals surface area contributed by atoms with Gasteiger partial charge in [0.2, 0.25) is 6.79 Å². The van der Waals surface area contributed by atoms with Gasteiger partial charge >= 0.3 is 6.03 Å². The molecule has 1 heterocycles. The van der Waals surface area contributed by atoms with Crippen molar-refractivity contribution < 1.29 is 19.4 Å². The summed E-state index contributed by atoms with van der Waals surface area (Å²) in [6.07, 6.45) is 0. The lowest BCUT2D eigenvalue weighted by molar-refractivity contribution is 0.0600. The predicted octanol–water partition coefficient (Wildman–Crippen LogP) is 4.11. The van der Waals surface area contributed by atoms with Crippen LogP contribution >= 0.6 is 0 Å². The molecule has 4 rings (SSSR count). The first-order chi connectivity index (χ1) is 14.0. The number of aliphatic hydroxyl groups is 1. The van der Waals surface area contributed by atoms with Gasteiger partial charge in [-0.3, -0.25) is 0 Å². The highest BCUT2D eigenvalue weighted by Crippen LogP contribution is 2.34. The maximum Gasteiger partial charge on any atom is 0.319 e. The van der Waals surface area contributed by atoms with Crippen molar-refractivity contribution in [2.24, 2.45) is 0 Å². The fourth-order valence-corrected chi connectivity index (χ4v) is 3.16. The van der Waals surface area contributed by atoms with Gasteiger partial charge in [0.05, 0.1) is 6.54 Å². The number of hydrogen-bond acceptors (Lipinski definition) is 4. The highest BCUT2D eigenvalue weighted by Gasteiger charge is 2.24. The van der Waals surface area contributed by atoms with E-state index < -0.39 is 11.6 Å². The molecule has 0 radical (unpaired) electrons. The molecule has 3 aromatic rings. The molecule has 0 saturated carbocycles. The average molecular weight is 390 g/mol. The molecular weight excluding hydrogens is 368 g/mol. The minimum atomic E-state index is -1.21. The predicted molar refractivity (Wildman–Crippen MR) is 111 cm³/mol. The van der Waals surface area contributed by atoms with E-state index in [1.807, 2.05) is 54.6 Å². The van der Waals surface area contributed by atoms with Crippen LogP contribution in [0.25, 0.3) is 11.1 Å². The van der Waals surface area contributed by atoms with E-state index in [1.54, 1.807) is 25.1 Å². The lowest BCUT2D eigenvalue weighted by Gasteiger charge is -2.24. The first-order valence-electron chi connectivity index (χ1n) is 9.34. The Bertz CT molecular complexity index is 1000. The number of benzene rings is 3. The Labute approximate surface area is 169 Å². The van der Waals surface area contributed by atoms with Crippen molar-refractivity contribution in [2.45, 2.75) is 12.5 Å². The topological polar surface area (TPSA) is 79.8 Å². The fraction of sp³-hybridized carbons (Fsp3) is 0.174. The summed E-state index contributed by atoms with van der Waals surface area (Å²) in [7, 11) is 0. The van der Waals surface area contributed by atoms with Crippen LogP contribution in [0.15, 0.2) is 72.8 Å². The Morgan fingerprint density at radius 1 is 0.966 bits per heavy atom. The van der Waals surface area contributed by atoms with Crippen molar-refractivity contribution in [3.05, 3.63) is 78.4 Å². The van der Waals surface area contributed by atoms with Crippen molar-refractivity contribution in [1.82, 2.24) is 5.32 Å². The summed E-state index contributed by atoms with van der Waals surface area (Å²) in [6.45, 7) is 1.91. The molecule has 2 amide bonds.